The fraction of sp³-hybridized carbons (Fsp3) is 0.951. The lowest BCUT2D eigenvalue weighted by molar-refractivity contribution is -0.888. The maximum absolute atomic E-state index is 13.0. The molecular weight excluding hydrogens is 711 g/mol. The van der Waals surface area contributed by atoms with Crippen molar-refractivity contribution in [3.05, 3.63) is 0 Å². The van der Waals surface area contributed by atoms with Crippen molar-refractivity contribution in [1.82, 2.24) is 0 Å². The van der Waals surface area contributed by atoms with Gasteiger partial charge in [0, 0.05) is 12.8 Å². The number of quaternary nitrogens is 2. The number of Topliss-reactive ketones (excluding diaryl/α,β-unsaturated/α-hetero) is 2. The molecule has 0 fully saturated rings. The van der Waals surface area contributed by atoms with Crippen LogP contribution in [0.2, 0.25) is 0 Å². The minimum absolute atomic E-state index is 0.0446. The Labute approximate surface area is 331 Å². The molecule has 0 aromatic rings. The zero-order valence-electron chi connectivity index (χ0n) is 36.1. The van der Waals surface area contributed by atoms with E-state index >= 15 is 0 Å². The summed E-state index contributed by atoms with van der Waals surface area (Å²) in [5, 5.41) is 34.9. The van der Waals surface area contributed by atoms with Gasteiger partial charge in [0.15, 0.2) is 23.7 Å². The van der Waals surface area contributed by atoms with Gasteiger partial charge in [-0.05, 0) is 12.8 Å². The van der Waals surface area contributed by atoms with E-state index in [1.54, 1.807) is 0 Å². The van der Waals surface area contributed by atoms with Crippen LogP contribution in [0.25, 0.3) is 0 Å². The van der Waals surface area contributed by atoms with E-state index in [4.69, 9.17) is 15.3 Å². The van der Waals surface area contributed by atoms with Gasteiger partial charge < -0.3 is 48.3 Å². The number of nitrogens with zero attached hydrogens (tertiary/aromatic N) is 2. The number of ketones is 2. The zero-order chi connectivity index (χ0) is 41.9. The number of unbranched alkanes of at least 4 members (excludes halogenated alkanes) is 20. The molecule has 0 radical (unpaired) electrons. The first kappa shape index (κ1) is 57.5. The fourth-order valence-electron chi connectivity index (χ4n) is 5.91. The third kappa shape index (κ3) is 42.4. The highest BCUT2D eigenvalue weighted by Gasteiger charge is 2.40. The van der Waals surface area contributed by atoms with Crippen LogP contribution >= 0.6 is 7.82 Å². The van der Waals surface area contributed by atoms with Crippen molar-refractivity contribution >= 4 is 19.4 Å². The van der Waals surface area contributed by atoms with E-state index in [0.717, 1.165) is 32.1 Å². The van der Waals surface area contributed by atoms with Crippen LogP contribution in [-0.2, 0) is 18.7 Å². The number of carbonyl (C=O) groups is 2. The number of phosphoric ester groups is 1. The zero-order valence-corrected chi connectivity index (χ0v) is 37.0. The molecule has 0 aromatic carbocycles. The van der Waals surface area contributed by atoms with Crippen LogP contribution in [-0.4, -0.2) is 128 Å². The van der Waals surface area contributed by atoms with E-state index in [-0.39, 0.29) is 31.4 Å². The van der Waals surface area contributed by atoms with Crippen molar-refractivity contribution in [3.8, 4) is 0 Å². The molecule has 0 spiro atoms. The molecule has 12 nitrogen and oxygen atoms in total. The van der Waals surface area contributed by atoms with E-state index in [0.29, 0.717) is 28.4 Å². The molecular formula is C41H87N2O10P. The summed E-state index contributed by atoms with van der Waals surface area (Å²) in [4.78, 5) is 45.7. The molecule has 54 heavy (non-hydrogen) atoms. The molecule has 0 heterocycles. The standard InChI is InChI=1S/C33H66NO3.C5H14NO4P.C3H8O3/c1-6-8-10-12-14-16-18-20-22-24-26-28-30(35)32(34(3,4)5)33(37)31(36)29-27-25-23-21-19-17-15-13-11-9-7-2;1-6(2,3)4-5-10-11(7,8)9;4-1-3(6)2-5/h32-33,37H,6-29H2,1-5H3;4-5H2,1-3H3,(H-,7,8,9);3-6H,1-2H2/q+1;;/p-1. The van der Waals surface area contributed by atoms with Crippen LogP contribution in [0.15, 0.2) is 0 Å². The Kier molecular flexibility index (Phi) is 38.9. The number of phosphoric acid groups is 1. The summed E-state index contributed by atoms with van der Waals surface area (Å²) in [6, 6.07) is -0.650. The van der Waals surface area contributed by atoms with E-state index in [9.17, 15) is 29.0 Å². The molecule has 0 aliphatic rings. The minimum Gasteiger partial charge on any atom is -0.790 e. The van der Waals surface area contributed by atoms with Crippen LogP contribution in [0.3, 0.4) is 0 Å². The Morgan fingerprint density at radius 1 is 0.574 bits per heavy atom. The largest absolute Gasteiger partial charge is 0.790 e. The van der Waals surface area contributed by atoms with Gasteiger partial charge in [-0.3, -0.25) is 9.59 Å². The van der Waals surface area contributed by atoms with E-state index in [1.165, 1.54) is 109 Å². The van der Waals surface area contributed by atoms with Crippen LogP contribution < -0.4 is 9.79 Å². The summed E-state index contributed by atoms with van der Waals surface area (Å²) in [5.41, 5.74) is 0. The van der Waals surface area contributed by atoms with E-state index in [1.807, 2.05) is 42.3 Å². The maximum atomic E-state index is 13.0. The molecule has 0 bridgehead atoms. The Morgan fingerprint density at radius 2 is 0.889 bits per heavy atom. The number of aliphatic hydroxyl groups is 4. The van der Waals surface area contributed by atoms with Crippen molar-refractivity contribution in [2.75, 3.05) is 68.7 Å². The van der Waals surface area contributed by atoms with Crippen molar-refractivity contribution in [3.63, 3.8) is 0 Å². The second kappa shape index (κ2) is 36.5. The smallest absolute Gasteiger partial charge is 0.193 e. The fourth-order valence-corrected chi connectivity index (χ4v) is 6.22. The van der Waals surface area contributed by atoms with Crippen molar-refractivity contribution in [1.29, 1.82) is 0 Å². The maximum Gasteiger partial charge on any atom is 0.193 e. The Morgan fingerprint density at radius 3 is 1.15 bits per heavy atom. The van der Waals surface area contributed by atoms with Gasteiger partial charge in [-0.15, -0.1) is 0 Å². The quantitative estimate of drug-likeness (QED) is 0.0351. The molecule has 0 aromatic heterocycles. The number of likely N-dealkylation sites (N-methyl/N-ethyl adjacent to an activating group) is 2. The first-order valence-corrected chi connectivity index (χ1v) is 22.6. The second-order valence-electron chi connectivity index (χ2n) is 16.8. The van der Waals surface area contributed by atoms with Crippen LogP contribution in [0, 0.1) is 0 Å². The summed E-state index contributed by atoms with van der Waals surface area (Å²) in [6.45, 7) is 4.23. The van der Waals surface area contributed by atoms with Gasteiger partial charge in [-0.2, -0.15) is 0 Å². The molecule has 326 valence electrons. The normalized spacial score (nSPS) is 13.2. The summed E-state index contributed by atoms with van der Waals surface area (Å²) in [6.07, 6.45) is 26.1. The van der Waals surface area contributed by atoms with Crippen molar-refractivity contribution in [2.45, 2.75) is 186 Å². The number of hydrogen-bond acceptors (Lipinski definition) is 10. The first-order chi connectivity index (χ1) is 25.3. The molecule has 0 rings (SSSR count). The number of hydrogen-bond donors (Lipinski definition) is 4. The molecule has 13 heteroatoms. The van der Waals surface area contributed by atoms with Gasteiger partial charge >= 0.3 is 0 Å². The number of aliphatic hydroxyl groups excluding tert-OH is 4. The highest BCUT2D eigenvalue weighted by molar-refractivity contribution is 7.43. The van der Waals surface area contributed by atoms with Crippen molar-refractivity contribution < 1.29 is 57.9 Å². The van der Waals surface area contributed by atoms with Gasteiger partial charge in [-0.25, -0.2) is 0 Å². The predicted molar refractivity (Wildman–Crippen MR) is 217 cm³/mol. The van der Waals surface area contributed by atoms with Crippen LogP contribution in [0.4, 0.5) is 0 Å². The summed E-state index contributed by atoms with van der Waals surface area (Å²) >= 11 is 0. The Hall–Kier alpha value is -0.790. The summed E-state index contributed by atoms with van der Waals surface area (Å²) in [7, 11) is 6.63. The predicted octanol–water partition coefficient (Wildman–Crippen LogP) is 5.83. The molecule has 0 saturated carbocycles. The third-order valence-corrected chi connectivity index (χ3v) is 9.78. The summed E-state index contributed by atoms with van der Waals surface area (Å²) in [5.74, 6) is -0.107. The van der Waals surface area contributed by atoms with Gasteiger partial charge in [-0.1, -0.05) is 142 Å². The average Bonchev–Trinajstić information content (AvgIpc) is 3.07. The molecule has 2 unspecified atom stereocenters. The van der Waals surface area contributed by atoms with Crippen LogP contribution in [0.1, 0.15) is 168 Å². The third-order valence-electron chi connectivity index (χ3n) is 9.28. The molecule has 0 aliphatic carbocycles. The van der Waals surface area contributed by atoms with Crippen LogP contribution in [0.5, 0.6) is 0 Å². The van der Waals surface area contributed by atoms with Gasteiger partial charge in [0.25, 0.3) is 0 Å². The monoisotopic (exact) mass is 799 g/mol. The Bertz CT molecular complexity index is 901. The topological polar surface area (TPSA) is 187 Å². The lowest BCUT2D eigenvalue weighted by Gasteiger charge is -2.35. The molecule has 0 aliphatic heterocycles. The Balaban J connectivity index is -0.00000125. The van der Waals surface area contributed by atoms with Crippen molar-refractivity contribution in [2.24, 2.45) is 0 Å². The molecule has 0 amide bonds. The van der Waals surface area contributed by atoms with Gasteiger partial charge in [0.05, 0.1) is 63.3 Å². The second-order valence-corrected chi connectivity index (χ2v) is 18.0. The number of carbonyl (C=O) groups excluding carboxylic acids is 2. The minimum atomic E-state index is -4.76. The first-order valence-electron chi connectivity index (χ1n) is 21.2. The average molecular weight is 799 g/mol. The van der Waals surface area contributed by atoms with Gasteiger partial charge in [0.2, 0.25) is 0 Å². The summed E-state index contributed by atoms with van der Waals surface area (Å²) < 4.78 is 14.9. The van der Waals surface area contributed by atoms with E-state index < -0.39 is 26.1 Å². The molecule has 0 saturated heterocycles. The lowest BCUT2D eigenvalue weighted by Crippen LogP contribution is -2.58. The molecule has 2 atom stereocenters. The number of rotatable bonds is 34. The SMILES string of the molecule is CCCCCCCCCCCCCC(=O)C(O)C(C(=O)CCCCCCCCCCCCC)[N+](C)(C)C.C[N+](C)(C)CCOP(=O)([O-])[O-].OCC(O)CO. The lowest BCUT2D eigenvalue weighted by atomic mass is 9.93. The van der Waals surface area contributed by atoms with Gasteiger partial charge in [0.1, 0.15) is 19.3 Å². The highest BCUT2D eigenvalue weighted by Crippen LogP contribution is 2.24. The van der Waals surface area contributed by atoms with E-state index in [2.05, 4.69) is 18.4 Å². The highest BCUT2D eigenvalue weighted by atomic mass is 31.2. The molecule has 4 N–H and O–H groups in total.